The molecule has 1 aliphatic heterocycles. The van der Waals surface area contributed by atoms with Crippen LogP contribution in [0.3, 0.4) is 0 Å². The van der Waals surface area contributed by atoms with E-state index >= 15 is 0 Å². The molecule has 2 heterocycles. The number of fused-ring (bicyclic) bond motifs is 1. The third-order valence-electron chi connectivity index (χ3n) is 2.90. The molecule has 0 aliphatic carbocycles. The summed E-state index contributed by atoms with van der Waals surface area (Å²) in [5.74, 6) is 0.775. The number of rotatable bonds is 2. The summed E-state index contributed by atoms with van der Waals surface area (Å²) in [6.45, 7) is 0. The zero-order chi connectivity index (χ0) is 11.0. The van der Waals surface area contributed by atoms with E-state index < -0.39 is 0 Å². The third kappa shape index (κ3) is 1.41. The molecule has 1 amide bonds. The first-order valence-electron chi connectivity index (χ1n) is 5.27. The second-order valence-electron chi connectivity index (χ2n) is 3.91. The molecule has 1 unspecified atom stereocenters. The quantitative estimate of drug-likeness (QED) is 0.833. The van der Waals surface area contributed by atoms with Crippen LogP contribution in [0.2, 0.25) is 0 Å². The van der Waals surface area contributed by atoms with Gasteiger partial charge in [-0.25, -0.2) is 0 Å². The predicted octanol–water partition coefficient (Wildman–Crippen LogP) is 2.56. The van der Waals surface area contributed by atoms with E-state index in [0.717, 1.165) is 17.0 Å². The maximum absolute atomic E-state index is 11.8. The van der Waals surface area contributed by atoms with Gasteiger partial charge in [0.25, 0.3) is 0 Å². The summed E-state index contributed by atoms with van der Waals surface area (Å²) in [5, 5.41) is 2.88. The Labute approximate surface area is 93.1 Å². The molecule has 16 heavy (non-hydrogen) atoms. The average Bonchev–Trinajstić information content (AvgIpc) is 2.89. The molecule has 1 N–H and O–H groups in total. The number of carbonyl (C=O) groups is 1. The maximum atomic E-state index is 11.8. The van der Waals surface area contributed by atoms with Crippen molar-refractivity contribution in [3.8, 4) is 0 Å². The summed E-state index contributed by atoms with van der Waals surface area (Å²) in [6, 6.07) is 11.5. The van der Waals surface area contributed by atoms with Crippen molar-refractivity contribution < 1.29 is 9.21 Å². The van der Waals surface area contributed by atoms with Crippen LogP contribution in [0.4, 0.5) is 5.69 Å². The summed E-state index contributed by atoms with van der Waals surface area (Å²) in [6.07, 6.45) is 2.25. The predicted molar refractivity (Wildman–Crippen MR) is 60.2 cm³/mol. The molecule has 0 bridgehead atoms. The van der Waals surface area contributed by atoms with Crippen LogP contribution in [-0.2, 0) is 11.2 Å². The van der Waals surface area contributed by atoms with Crippen LogP contribution in [-0.4, -0.2) is 5.91 Å². The number of furan rings is 1. The Morgan fingerprint density at radius 1 is 1.19 bits per heavy atom. The number of amides is 1. The Morgan fingerprint density at radius 3 is 2.88 bits per heavy atom. The zero-order valence-corrected chi connectivity index (χ0v) is 8.64. The number of nitrogens with one attached hydrogen (secondary N) is 1. The second-order valence-corrected chi connectivity index (χ2v) is 3.91. The van der Waals surface area contributed by atoms with Crippen LogP contribution in [0.5, 0.6) is 0 Å². The van der Waals surface area contributed by atoms with Gasteiger partial charge in [0.2, 0.25) is 5.91 Å². The first-order valence-corrected chi connectivity index (χ1v) is 5.27. The Balaban J connectivity index is 1.93. The van der Waals surface area contributed by atoms with E-state index in [0.29, 0.717) is 6.42 Å². The minimum Gasteiger partial charge on any atom is -0.469 e. The number of anilines is 1. The normalized spacial score (nSPS) is 18.2. The van der Waals surface area contributed by atoms with Gasteiger partial charge in [0.1, 0.15) is 5.76 Å². The molecule has 3 heteroatoms. The summed E-state index contributed by atoms with van der Waals surface area (Å²) in [5.41, 5.74) is 1.98. The summed E-state index contributed by atoms with van der Waals surface area (Å²) >= 11 is 0. The summed E-state index contributed by atoms with van der Waals surface area (Å²) < 4.78 is 5.28. The molecule has 0 saturated carbocycles. The molecule has 2 aromatic rings. The molecule has 1 aliphatic rings. The van der Waals surface area contributed by atoms with Gasteiger partial charge in [0.05, 0.1) is 12.2 Å². The molecule has 0 saturated heterocycles. The van der Waals surface area contributed by atoms with Crippen molar-refractivity contribution in [1.82, 2.24) is 0 Å². The highest BCUT2D eigenvalue weighted by atomic mass is 16.3. The van der Waals surface area contributed by atoms with Gasteiger partial charge in [0.15, 0.2) is 0 Å². The van der Waals surface area contributed by atoms with Crippen molar-refractivity contribution >= 4 is 11.6 Å². The van der Waals surface area contributed by atoms with Crippen LogP contribution in [0.1, 0.15) is 17.2 Å². The van der Waals surface area contributed by atoms with Crippen LogP contribution < -0.4 is 5.32 Å². The van der Waals surface area contributed by atoms with E-state index in [2.05, 4.69) is 5.32 Å². The monoisotopic (exact) mass is 213 g/mol. The molecule has 3 nitrogen and oxygen atoms in total. The van der Waals surface area contributed by atoms with Gasteiger partial charge in [-0.15, -0.1) is 0 Å². The highest BCUT2D eigenvalue weighted by Gasteiger charge is 2.30. The molecule has 3 rings (SSSR count). The molecule has 0 spiro atoms. The van der Waals surface area contributed by atoms with Gasteiger partial charge in [-0.3, -0.25) is 4.79 Å². The largest absolute Gasteiger partial charge is 0.469 e. The van der Waals surface area contributed by atoms with Gasteiger partial charge in [-0.2, -0.15) is 0 Å². The van der Waals surface area contributed by atoms with Crippen molar-refractivity contribution in [1.29, 1.82) is 0 Å². The second kappa shape index (κ2) is 3.52. The first-order chi connectivity index (χ1) is 7.84. The summed E-state index contributed by atoms with van der Waals surface area (Å²) in [7, 11) is 0. The van der Waals surface area contributed by atoms with Gasteiger partial charge in [-0.1, -0.05) is 18.2 Å². The van der Waals surface area contributed by atoms with Crippen LogP contribution in [0.15, 0.2) is 47.1 Å². The van der Waals surface area contributed by atoms with E-state index in [4.69, 9.17) is 4.42 Å². The number of benzene rings is 1. The topological polar surface area (TPSA) is 42.2 Å². The fraction of sp³-hybridized carbons (Fsp3) is 0.154. The van der Waals surface area contributed by atoms with Gasteiger partial charge < -0.3 is 9.73 Å². The van der Waals surface area contributed by atoms with Gasteiger partial charge >= 0.3 is 0 Å². The van der Waals surface area contributed by atoms with Crippen molar-refractivity contribution in [3.63, 3.8) is 0 Å². The Kier molecular flexibility index (Phi) is 2.03. The molecule has 1 aromatic heterocycles. The van der Waals surface area contributed by atoms with E-state index in [1.54, 1.807) is 6.26 Å². The zero-order valence-electron chi connectivity index (χ0n) is 8.64. The minimum absolute atomic E-state index is 0.0533. The fourth-order valence-corrected chi connectivity index (χ4v) is 2.11. The number of hydrogen-bond donors (Lipinski definition) is 1. The van der Waals surface area contributed by atoms with E-state index in [9.17, 15) is 4.79 Å². The third-order valence-corrected chi connectivity index (χ3v) is 2.90. The molecule has 0 fully saturated rings. The number of hydrogen-bond acceptors (Lipinski definition) is 2. The van der Waals surface area contributed by atoms with Crippen LogP contribution in [0.25, 0.3) is 0 Å². The van der Waals surface area contributed by atoms with E-state index in [1.165, 1.54) is 0 Å². The van der Waals surface area contributed by atoms with Crippen molar-refractivity contribution in [2.24, 2.45) is 0 Å². The van der Waals surface area contributed by atoms with Gasteiger partial charge in [0, 0.05) is 12.1 Å². The van der Waals surface area contributed by atoms with E-state index in [1.807, 2.05) is 36.4 Å². The lowest BCUT2D eigenvalue weighted by molar-refractivity contribution is -0.117. The molecular formula is C13H11NO2. The highest BCUT2D eigenvalue weighted by molar-refractivity contribution is 6.02. The Morgan fingerprint density at radius 2 is 2.06 bits per heavy atom. The van der Waals surface area contributed by atoms with E-state index in [-0.39, 0.29) is 11.8 Å². The van der Waals surface area contributed by atoms with Crippen molar-refractivity contribution in [3.05, 3.63) is 54.0 Å². The van der Waals surface area contributed by atoms with Crippen LogP contribution >= 0.6 is 0 Å². The smallest absolute Gasteiger partial charge is 0.232 e. The highest BCUT2D eigenvalue weighted by Crippen LogP contribution is 2.34. The SMILES string of the molecule is O=C1Nc2ccccc2C1Cc1ccco1. The lowest BCUT2D eigenvalue weighted by Gasteiger charge is -2.05. The molecule has 0 radical (unpaired) electrons. The standard InChI is InChI=1S/C13H11NO2/c15-13-11(8-9-4-3-7-16-9)10-5-1-2-6-12(10)14-13/h1-7,11H,8H2,(H,14,15). The Bertz CT molecular complexity index is 516. The maximum Gasteiger partial charge on any atom is 0.232 e. The summed E-state index contributed by atoms with van der Waals surface area (Å²) in [4.78, 5) is 11.8. The van der Waals surface area contributed by atoms with Crippen molar-refractivity contribution in [2.75, 3.05) is 5.32 Å². The fourth-order valence-electron chi connectivity index (χ4n) is 2.11. The molecular weight excluding hydrogens is 202 g/mol. The Hall–Kier alpha value is -2.03. The first kappa shape index (κ1) is 9.21. The lowest BCUT2D eigenvalue weighted by Crippen LogP contribution is -2.13. The van der Waals surface area contributed by atoms with Gasteiger partial charge in [-0.05, 0) is 23.8 Å². The lowest BCUT2D eigenvalue weighted by atomic mass is 9.96. The average molecular weight is 213 g/mol. The molecule has 1 aromatic carbocycles. The molecule has 80 valence electrons. The molecule has 1 atom stereocenters. The minimum atomic E-state index is -0.123. The van der Waals surface area contributed by atoms with Crippen molar-refractivity contribution in [2.45, 2.75) is 12.3 Å². The number of para-hydroxylation sites is 1. The van der Waals surface area contributed by atoms with Crippen LogP contribution in [0, 0.1) is 0 Å². The number of carbonyl (C=O) groups excluding carboxylic acids is 1.